The summed E-state index contributed by atoms with van der Waals surface area (Å²) in [7, 11) is 3.53. The van der Waals surface area contributed by atoms with E-state index in [9.17, 15) is 4.79 Å². The summed E-state index contributed by atoms with van der Waals surface area (Å²) in [6.07, 6.45) is 4.14. The normalized spacial score (nSPS) is 14.9. The van der Waals surface area contributed by atoms with Gasteiger partial charge in [0.25, 0.3) is 5.91 Å². The number of hydrogen-bond acceptors (Lipinski definition) is 8. The van der Waals surface area contributed by atoms with Gasteiger partial charge in [0.15, 0.2) is 0 Å². The van der Waals surface area contributed by atoms with Crippen molar-refractivity contribution in [1.82, 2.24) is 24.6 Å². The Balaban J connectivity index is 1.65. The molecule has 9 heteroatoms. The van der Waals surface area contributed by atoms with Gasteiger partial charge in [-0.2, -0.15) is 4.37 Å². The molecular formula is C16H22N6O2S. The molecule has 2 aromatic rings. The third-order valence-corrected chi connectivity index (χ3v) is 4.74. The van der Waals surface area contributed by atoms with Gasteiger partial charge in [-0.05, 0) is 24.5 Å². The molecule has 25 heavy (non-hydrogen) atoms. The van der Waals surface area contributed by atoms with Gasteiger partial charge in [0, 0.05) is 37.6 Å². The molecule has 0 aliphatic carbocycles. The molecule has 3 heterocycles. The van der Waals surface area contributed by atoms with Crippen molar-refractivity contribution in [2.75, 3.05) is 45.2 Å². The first kappa shape index (κ1) is 17.6. The fraction of sp³-hybridized carbons (Fsp3) is 0.500. The van der Waals surface area contributed by atoms with E-state index < -0.39 is 0 Å². The van der Waals surface area contributed by atoms with Crippen LogP contribution in [-0.2, 0) is 6.54 Å². The molecule has 0 radical (unpaired) electrons. The molecular weight excluding hydrogens is 340 g/mol. The van der Waals surface area contributed by atoms with Crippen LogP contribution in [0.5, 0.6) is 5.88 Å². The first-order valence-electron chi connectivity index (χ1n) is 8.19. The van der Waals surface area contributed by atoms with Crippen molar-refractivity contribution >= 4 is 23.3 Å². The Hall–Kier alpha value is -2.26. The quantitative estimate of drug-likeness (QED) is 0.850. The van der Waals surface area contributed by atoms with Crippen LogP contribution in [0, 0.1) is 0 Å². The predicted molar refractivity (Wildman–Crippen MR) is 96.2 cm³/mol. The SMILES string of the molecule is COc1nscc1CN(C)c1cnc(C(=O)N2CCCNCC2)cn1. The van der Waals surface area contributed by atoms with Crippen molar-refractivity contribution < 1.29 is 9.53 Å². The number of amides is 1. The lowest BCUT2D eigenvalue weighted by Gasteiger charge is -2.20. The van der Waals surface area contributed by atoms with E-state index in [1.54, 1.807) is 19.5 Å². The molecule has 3 rings (SSSR count). The number of rotatable bonds is 5. The summed E-state index contributed by atoms with van der Waals surface area (Å²) in [5.41, 5.74) is 1.38. The Morgan fingerprint density at radius 3 is 3.00 bits per heavy atom. The van der Waals surface area contributed by atoms with E-state index in [1.807, 2.05) is 22.2 Å². The van der Waals surface area contributed by atoms with Crippen molar-refractivity contribution in [3.63, 3.8) is 0 Å². The van der Waals surface area contributed by atoms with Gasteiger partial charge in [0.1, 0.15) is 11.5 Å². The van der Waals surface area contributed by atoms with E-state index >= 15 is 0 Å². The lowest BCUT2D eigenvalue weighted by atomic mass is 10.3. The maximum atomic E-state index is 12.5. The average molecular weight is 362 g/mol. The molecule has 0 saturated carbocycles. The second-order valence-corrected chi connectivity index (χ2v) is 6.49. The van der Waals surface area contributed by atoms with Crippen molar-refractivity contribution in [1.29, 1.82) is 0 Å². The van der Waals surface area contributed by atoms with Crippen molar-refractivity contribution in [2.24, 2.45) is 0 Å². The van der Waals surface area contributed by atoms with Crippen LogP contribution in [0.2, 0.25) is 0 Å². The molecule has 0 aromatic carbocycles. The zero-order valence-corrected chi connectivity index (χ0v) is 15.3. The van der Waals surface area contributed by atoms with Gasteiger partial charge >= 0.3 is 0 Å². The molecule has 134 valence electrons. The van der Waals surface area contributed by atoms with Crippen LogP contribution >= 0.6 is 11.5 Å². The summed E-state index contributed by atoms with van der Waals surface area (Å²) in [6, 6.07) is 0. The molecule has 0 bridgehead atoms. The molecule has 1 saturated heterocycles. The Kier molecular flexibility index (Phi) is 5.77. The van der Waals surface area contributed by atoms with Crippen LogP contribution in [-0.4, -0.2) is 65.5 Å². The van der Waals surface area contributed by atoms with Crippen molar-refractivity contribution in [3.05, 3.63) is 29.0 Å². The van der Waals surface area contributed by atoms with Gasteiger partial charge in [-0.25, -0.2) is 9.97 Å². The number of methoxy groups -OCH3 is 1. The minimum atomic E-state index is -0.0610. The summed E-state index contributed by atoms with van der Waals surface area (Å²) < 4.78 is 9.41. The summed E-state index contributed by atoms with van der Waals surface area (Å²) >= 11 is 1.36. The molecule has 0 atom stereocenters. The zero-order chi connectivity index (χ0) is 17.6. The Bertz CT molecular complexity index is 697. The van der Waals surface area contributed by atoms with E-state index in [1.165, 1.54) is 11.5 Å². The van der Waals surface area contributed by atoms with Crippen LogP contribution in [0.15, 0.2) is 17.8 Å². The van der Waals surface area contributed by atoms with E-state index in [0.29, 0.717) is 30.5 Å². The number of anilines is 1. The third kappa shape index (κ3) is 4.23. The number of carbonyl (C=O) groups is 1. The van der Waals surface area contributed by atoms with Gasteiger partial charge < -0.3 is 19.9 Å². The third-order valence-electron chi connectivity index (χ3n) is 4.08. The molecule has 0 spiro atoms. The molecule has 1 N–H and O–H groups in total. The number of aromatic nitrogens is 3. The van der Waals surface area contributed by atoms with E-state index in [0.717, 1.165) is 31.6 Å². The summed E-state index contributed by atoms with van der Waals surface area (Å²) in [5.74, 6) is 1.27. The van der Waals surface area contributed by atoms with Crippen LogP contribution in [0.4, 0.5) is 5.82 Å². The maximum absolute atomic E-state index is 12.5. The van der Waals surface area contributed by atoms with E-state index in [-0.39, 0.29) is 5.91 Å². The highest BCUT2D eigenvalue weighted by molar-refractivity contribution is 7.03. The minimum Gasteiger partial charge on any atom is -0.480 e. The van der Waals surface area contributed by atoms with Crippen LogP contribution in [0.25, 0.3) is 0 Å². The largest absolute Gasteiger partial charge is 0.480 e. The van der Waals surface area contributed by atoms with Gasteiger partial charge in [-0.1, -0.05) is 0 Å². The predicted octanol–water partition coefficient (Wildman–Crippen LogP) is 1.01. The first-order chi connectivity index (χ1) is 12.2. The molecule has 8 nitrogen and oxygen atoms in total. The second-order valence-electron chi connectivity index (χ2n) is 5.86. The fourth-order valence-corrected chi connectivity index (χ4v) is 3.34. The molecule has 1 amide bonds. The highest BCUT2D eigenvalue weighted by Crippen LogP contribution is 2.21. The number of hydrogen-bond donors (Lipinski definition) is 1. The second kappa shape index (κ2) is 8.21. The number of ether oxygens (including phenoxy) is 1. The first-order valence-corrected chi connectivity index (χ1v) is 9.03. The molecule has 1 aliphatic heterocycles. The number of nitrogens with zero attached hydrogens (tertiary/aromatic N) is 5. The highest BCUT2D eigenvalue weighted by atomic mass is 32.1. The molecule has 2 aromatic heterocycles. The van der Waals surface area contributed by atoms with E-state index in [2.05, 4.69) is 19.7 Å². The maximum Gasteiger partial charge on any atom is 0.274 e. The fourth-order valence-electron chi connectivity index (χ4n) is 2.70. The summed E-state index contributed by atoms with van der Waals surface area (Å²) in [5, 5.41) is 5.24. The van der Waals surface area contributed by atoms with Gasteiger partial charge in [0.2, 0.25) is 5.88 Å². The summed E-state index contributed by atoms with van der Waals surface area (Å²) in [6.45, 7) is 3.82. The van der Waals surface area contributed by atoms with Crippen molar-refractivity contribution in [2.45, 2.75) is 13.0 Å². The molecule has 0 unspecified atom stereocenters. The topological polar surface area (TPSA) is 83.5 Å². The average Bonchev–Trinajstić information content (AvgIpc) is 2.91. The van der Waals surface area contributed by atoms with Crippen LogP contribution in [0.3, 0.4) is 0 Å². The highest BCUT2D eigenvalue weighted by Gasteiger charge is 2.19. The van der Waals surface area contributed by atoms with Crippen LogP contribution in [0.1, 0.15) is 22.5 Å². The van der Waals surface area contributed by atoms with Gasteiger partial charge in [-0.3, -0.25) is 4.79 Å². The van der Waals surface area contributed by atoms with Crippen molar-refractivity contribution in [3.8, 4) is 5.88 Å². The number of nitrogens with one attached hydrogen (secondary N) is 1. The molecule has 1 aliphatic rings. The Labute approximate surface area is 151 Å². The van der Waals surface area contributed by atoms with Gasteiger partial charge in [-0.15, -0.1) is 0 Å². The molecule has 1 fully saturated rings. The van der Waals surface area contributed by atoms with Gasteiger partial charge in [0.05, 0.1) is 26.0 Å². The standard InChI is InChI=1S/C16H22N6O2S/c1-21(10-12-11-25-20-15(12)24-2)14-9-18-13(8-19-14)16(23)22-6-3-4-17-5-7-22/h8-9,11,17H,3-7,10H2,1-2H3. The van der Waals surface area contributed by atoms with Crippen LogP contribution < -0.4 is 15.0 Å². The number of carbonyl (C=O) groups excluding carboxylic acids is 1. The van der Waals surface area contributed by atoms with E-state index in [4.69, 9.17) is 4.74 Å². The summed E-state index contributed by atoms with van der Waals surface area (Å²) in [4.78, 5) is 25.0. The lowest BCUT2D eigenvalue weighted by molar-refractivity contribution is 0.0760. The smallest absolute Gasteiger partial charge is 0.274 e. The zero-order valence-electron chi connectivity index (χ0n) is 14.4. The Morgan fingerprint density at radius 1 is 1.36 bits per heavy atom. The Morgan fingerprint density at radius 2 is 2.24 bits per heavy atom. The minimum absolute atomic E-state index is 0.0610. The monoisotopic (exact) mass is 362 g/mol. The lowest BCUT2D eigenvalue weighted by Crippen LogP contribution is -2.34.